The number of ether oxygens (including phenoxy) is 1. The lowest BCUT2D eigenvalue weighted by Crippen LogP contribution is -2.60. The van der Waals surface area contributed by atoms with Crippen LogP contribution in [0.1, 0.15) is 82.8 Å². The van der Waals surface area contributed by atoms with Crippen molar-refractivity contribution < 1.29 is 23.1 Å². The number of amides is 2. The van der Waals surface area contributed by atoms with Crippen molar-refractivity contribution in [1.82, 2.24) is 10.6 Å². The van der Waals surface area contributed by atoms with Crippen molar-refractivity contribution in [3.63, 3.8) is 0 Å². The van der Waals surface area contributed by atoms with Gasteiger partial charge in [0, 0.05) is 12.5 Å². The quantitative estimate of drug-likeness (QED) is 0.435. The third-order valence-corrected chi connectivity index (χ3v) is 6.38. The normalized spacial score (nSPS) is 15.5. The molecule has 0 heterocycles. The van der Waals surface area contributed by atoms with Crippen molar-refractivity contribution in [3.05, 3.63) is 71.3 Å². The Hall–Kier alpha value is -2.96. The maximum Gasteiger partial charge on any atom is 0.408 e. The van der Waals surface area contributed by atoms with Crippen LogP contribution in [0.3, 0.4) is 0 Å². The third kappa shape index (κ3) is 7.77. The zero-order valence-corrected chi connectivity index (χ0v) is 20.8. The van der Waals surface area contributed by atoms with E-state index < -0.39 is 17.2 Å². The molecular formula is C28H36F2N2O3. The molecule has 2 aromatic rings. The van der Waals surface area contributed by atoms with Gasteiger partial charge < -0.3 is 15.4 Å². The minimum absolute atomic E-state index is 0.0587. The van der Waals surface area contributed by atoms with Gasteiger partial charge in [-0.1, -0.05) is 43.5 Å². The minimum Gasteiger partial charge on any atom is -0.444 e. The van der Waals surface area contributed by atoms with Gasteiger partial charge >= 0.3 is 6.09 Å². The van der Waals surface area contributed by atoms with Crippen LogP contribution >= 0.6 is 0 Å². The van der Waals surface area contributed by atoms with E-state index in [1.807, 2.05) is 0 Å². The Kier molecular flexibility index (Phi) is 8.87. The van der Waals surface area contributed by atoms with Gasteiger partial charge in [0.2, 0.25) is 5.91 Å². The van der Waals surface area contributed by atoms with Gasteiger partial charge in [0.05, 0.1) is 0 Å². The molecule has 5 nitrogen and oxygen atoms in total. The first-order valence-electron chi connectivity index (χ1n) is 12.4. The fourth-order valence-electron chi connectivity index (χ4n) is 4.66. The molecule has 3 rings (SSSR count). The summed E-state index contributed by atoms with van der Waals surface area (Å²) in [6.07, 6.45) is 4.67. The Morgan fingerprint density at radius 1 is 0.914 bits per heavy atom. The van der Waals surface area contributed by atoms with E-state index in [4.69, 9.17) is 4.74 Å². The summed E-state index contributed by atoms with van der Waals surface area (Å²) in [5.41, 5.74) is 0.249. The average Bonchev–Trinajstić information content (AvgIpc) is 2.80. The molecule has 190 valence electrons. The smallest absolute Gasteiger partial charge is 0.408 e. The molecule has 1 aliphatic rings. The molecule has 0 bridgehead atoms. The molecule has 2 aromatic carbocycles. The summed E-state index contributed by atoms with van der Waals surface area (Å²) < 4.78 is 32.3. The van der Waals surface area contributed by atoms with E-state index in [1.54, 1.807) is 45.0 Å². The van der Waals surface area contributed by atoms with E-state index in [9.17, 15) is 18.4 Å². The fraction of sp³-hybridized carbons (Fsp3) is 0.500. The molecule has 0 radical (unpaired) electrons. The lowest BCUT2D eigenvalue weighted by atomic mass is 9.81. The van der Waals surface area contributed by atoms with E-state index >= 15 is 0 Å². The summed E-state index contributed by atoms with van der Waals surface area (Å²) in [6.45, 7) is 5.80. The van der Waals surface area contributed by atoms with Gasteiger partial charge in [-0.15, -0.1) is 0 Å². The average molecular weight is 487 g/mol. The lowest BCUT2D eigenvalue weighted by Gasteiger charge is -2.37. The van der Waals surface area contributed by atoms with Gasteiger partial charge in [-0.3, -0.25) is 4.79 Å². The Morgan fingerprint density at radius 2 is 1.43 bits per heavy atom. The van der Waals surface area contributed by atoms with Crippen LogP contribution in [0.25, 0.3) is 0 Å². The summed E-state index contributed by atoms with van der Waals surface area (Å²) in [7, 11) is 0. The van der Waals surface area contributed by atoms with Gasteiger partial charge in [-0.2, -0.15) is 0 Å². The highest BCUT2D eigenvalue weighted by Gasteiger charge is 2.41. The first-order valence-corrected chi connectivity index (χ1v) is 12.4. The second kappa shape index (κ2) is 11.6. The van der Waals surface area contributed by atoms with Crippen molar-refractivity contribution >= 4 is 12.0 Å². The topological polar surface area (TPSA) is 67.4 Å². The molecule has 0 spiro atoms. The molecule has 35 heavy (non-hydrogen) atoms. The van der Waals surface area contributed by atoms with E-state index in [0.29, 0.717) is 32.2 Å². The van der Waals surface area contributed by atoms with E-state index in [1.165, 1.54) is 24.3 Å². The third-order valence-electron chi connectivity index (χ3n) is 6.38. The summed E-state index contributed by atoms with van der Waals surface area (Å²) in [5, 5.41) is 5.87. The Morgan fingerprint density at radius 3 is 1.91 bits per heavy atom. The van der Waals surface area contributed by atoms with E-state index in [-0.39, 0.29) is 23.5 Å². The second-order valence-electron chi connectivity index (χ2n) is 10.3. The second-order valence-corrected chi connectivity index (χ2v) is 10.3. The van der Waals surface area contributed by atoms with E-state index in [0.717, 1.165) is 30.4 Å². The van der Waals surface area contributed by atoms with Crippen LogP contribution in [0.4, 0.5) is 13.6 Å². The number of rotatable bonds is 8. The molecule has 0 aromatic heterocycles. The molecule has 0 saturated heterocycles. The molecular weight excluding hydrogens is 450 g/mol. The van der Waals surface area contributed by atoms with Crippen LogP contribution in [0, 0.1) is 11.6 Å². The first-order chi connectivity index (χ1) is 16.6. The van der Waals surface area contributed by atoms with Gasteiger partial charge in [0.1, 0.15) is 22.8 Å². The molecule has 1 saturated carbocycles. The van der Waals surface area contributed by atoms with Gasteiger partial charge in [0.25, 0.3) is 0 Å². The number of benzene rings is 2. The zero-order valence-electron chi connectivity index (χ0n) is 20.8. The summed E-state index contributed by atoms with van der Waals surface area (Å²) in [5.74, 6) is -0.872. The van der Waals surface area contributed by atoms with Crippen LogP contribution in [0.5, 0.6) is 0 Å². The van der Waals surface area contributed by atoms with Crippen LogP contribution < -0.4 is 10.6 Å². The standard InChI is InChI=1S/C28H36F2N2O3/c1-27(2,3)35-26(34)32-28(17-5-4-6-18-28)25(33)31-19-7-8-24(20-9-13-22(29)14-10-20)21-11-15-23(30)16-12-21/h9-16,24H,4-8,17-19H2,1-3H3,(H,31,33)(H,32,34). The summed E-state index contributed by atoms with van der Waals surface area (Å²) in [6, 6.07) is 12.6. The highest BCUT2D eigenvalue weighted by molar-refractivity contribution is 5.90. The van der Waals surface area contributed by atoms with E-state index in [2.05, 4.69) is 10.6 Å². The lowest BCUT2D eigenvalue weighted by molar-refractivity contribution is -0.129. The minimum atomic E-state index is -0.964. The predicted molar refractivity (Wildman–Crippen MR) is 132 cm³/mol. The van der Waals surface area contributed by atoms with Crippen LogP contribution in [-0.2, 0) is 9.53 Å². The SMILES string of the molecule is CC(C)(C)OC(=O)NC1(C(=O)NCCCC(c2ccc(F)cc2)c2ccc(F)cc2)CCCCC1. The van der Waals surface area contributed by atoms with Gasteiger partial charge in [-0.25, -0.2) is 13.6 Å². The number of nitrogens with one attached hydrogen (secondary N) is 2. The van der Waals surface area contributed by atoms with Crippen molar-refractivity contribution in [2.75, 3.05) is 6.54 Å². The molecule has 0 unspecified atom stereocenters. The monoisotopic (exact) mass is 486 g/mol. The Balaban J connectivity index is 1.63. The molecule has 0 atom stereocenters. The number of hydrogen-bond acceptors (Lipinski definition) is 3. The highest BCUT2D eigenvalue weighted by atomic mass is 19.1. The number of hydrogen-bond donors (Lipinski definition) is 2. The molecule has 0 aliphatic heterocycles. The fourth-order valence-corrected chi connectivity index (χ4v) is 4.66. The molecule has 2 amide bonds. The van der Waals surface area contributed by atoms with Crippen molar-refractivity contribution in [3.8, 4) is 0 Å². The van der Waals surface area contributed by atoms with Crippen molar-refractivity contribution in [2.45, 2.75) is 82.8 Å². The maximum absolute atomic E-state index is 13.5. The number of carbonyl (C=O) groups is 2. The Bertz CT molecular complexity index is 933. The first kappa shape index (κ1) is 26.6. The van der Waals surface area contributed by atoms with Crippen molar-refractivity contribution in [2.24, 2.45) is 0 Å². The molecule has 1 aliphatic carbocycles. The maximum atomic E-state index is 13.5. The summed E-state index contributed by atoms with van der Waals surface area (Å²) >= 11 is 0. The zero-order chi connectivity index (χ0) is 25.5. The number of halogens is 2. The Labute approximate surface area is 206 Å². The molecule has 1 fully saturated rings. The van der Waals surface area contributed by atoms with Crippen LogP contribution in [-0.4, -0.2) is 29.7 Å². The van der Waals surface area contributed by atoms with Crippen LogP contribution in [0.15, 0.2) is 48.5 Å². The number of alkyl carbamates (subject to hydrolysis) is 1. The number of carbonyl (C=O) groups excluding carboxylic acids is 2. The predicted octanol–water partition coefficient (Wildman–Crippen LogP) is 6.22. The van der Waals surface area contributed by atoms with Gasteiger partial charge in [-0.05, 0) is 81.8 Å². The van der Waals surface area contributed by atoms with Crippen molar-refractivity contribution in [1.29, 1.82) is 0 Å². The van der Waals surface area contributed by atoms with Gasteiger partial charge in [0.15, 0.2) is 0 Å². The largest absolute Gasteiger partial charge is 0.444 e. The summed E-state index contributed by atoms with van der Waals surface area (Å²) in [4.78, 5) is 25.7. The van der Waals surface area contributed by atoms with Crippen LogP contribution in [0.2, 0.25) is 0 Å². The molecule has 7 heteroatoms. The molecule has 2 N–H and O–H groups in total. The highest BCUT2D eigenvalue weighted by Crippen LogP contribution is 2.31.